The highest BCUT2D eigenvalue weighted by atomic mass is 16.1. The van der Waals surface area contributed by atoms with E-state index in [0.29, 0.717) is 0 Å². The molecule has 0 radical (unpaired) electrons. The van der Waals surface area contributed by atoms with Gasteiger partial charge in [-0.25, -0.2) is 0 Å². The maximum atomic E-state index is 10.9. The summed E-state index contributed by atoms with van der Waals surface area (Å²) in [5.41, 5.74) is 1.89. The van der Waals surface area contributed by atoms with Crippen LogP contribution in [0.4, 0.5) is 0 Å². The first-order valence-electron chi connectivity index (χ1n) is 3.97. The molecule has 0 saturated carbocycles. The largest absolute Gasteiger partial charge is 0.295 e. The van der Waals surface area contributed by atoms with Gasteiger partial charge in [0.2, 0.25) is 0 Å². The lowest BCUT2D eigenvalue weighted by Gasteiger charge is -1.95. The van der Waals surface area contributed by atoms with Gasteiger partial charge in [0.15, 0.2) is 5.78 Å². The molecule has 0 heterocycles. The van der Waals surface area contributed by atoms with Gasteiger partial charge in [0.1, 0.15) is 0 Å². The van der Waals surface area contributed by atoms with Crippen LogP contribution in [-0.4, -0.2) is 5.78 Å². The van der Waals surface area contributed by atoms with Gasteiger partial charge < -0.3 is 0 Å². The van der Waals surface area contributed by atoms with Crippen LogP contribution in [0.15, 0.2) is 30.3 Å². The Morgan fingerprint density at radius 1 is 1.25 bits per heavy atom. The molecule has 62 valence electrons. The Morgan fingerprint density at radius 2 is 1.83 bits per heavy atom. The molecule has 0 aliphatic rings. The Hall–Kier alpha value is -1.37. The molecule has 0 saturated heterocycles. The number of carbonyl (C=O) groups is 1. The van der Waals surface area contributed by atoms with Crippen LogP contribution < -0.4 is 0 Å². The number of allylic oxidation sites excluding steroid dienone is 1. The summed E-state index contributed by atoms with van der Waals surface area (Å²) in [6, 6.07) is 7.57. The van der Waals surface area contributed by atoms with Crippen molar-refractivity contribution in [1.29, 1.82) is 0 Å². The molecule has 1 rings (SSSR count). The van der Waals surface area contributed by atoms with Crippen LogP contribution in [0.5, 0.6) is 0 Å². The van der Waals surface area contributed by atoms with Crippen molar-refractivity contribution in [2.24, 2.45) is 0 Å². The Kier molecular flexibility index (Phi) is 2.81. The average Bonchev–Trinajstić information content (AvgIpc) is 2.06. The second kappa shape index (κ2) is 3.86. The number of hydrogen-bond donors (Lipinski definition) is 0. The van der Waals surface area contributed by atoms with Crippen LogP contribution in [-0.2, 0) is 0 Å². The summed E-state index contributed by atoms with van der Waals surface area (Å²) in [5, 5.41) is 0. The summed E-state index contributed by atoms with van der Waals surface area (Å²) in [7, 11) is 0. The van der Waals surface area contributed by atoms with Crippen LogP contribution in [0.2, 0.25) is 0 Å². The lowest BCUT2D eigenvalue weighted by Crippen LogP contribution is -1.90. The molecule has 0 aliphatic carbocycles. The maximum absolute atomic E-state index is 10.9. The predicted octanol–water partition coefficient (Wildman–Crippen LogP) is 2.92. The zero-order valence-corrected chi connectivity index (χ0v) is 7.37. The van der Waals surface area contributed by atoms with E-state index in [0.717, 1.165) is 11.1 Å². The van der Waals surface area contributed by atoms with Gasteiger partial charge in [0.25, 0.3) is 0 Å². The minimum atomic E-state index is 0.113. The molecule has 0 spiro atoms. The smallest absolute Gasteiger partial charge is 0.159 e. The quantitative estimate of drug-likeness (QED) is 0.608. The van der Waals surface area contributed by atoms with Gasteiger partial charge in [-0.15, -0.1) is 0 Å². The first kappa shape index (κ1) is 8.72. The molecule has 0 fully saturated rings. The molecule has 0 N–H and O–H groups in total. The third-order valence-electron chi connectivity index (χ3n) is 1.68. The fourth-order valence-electron chi connectivity index (χ4n) is 1.02. The SMILES string of the molecule is C/C=C\c1ccc(C(C)=O)cc1. The van der Waals surface area contributed by atoms with E-state index in [4.69, 9.17) is 0 Å². The Morgan fingerprint density at radius 3 is 2.25 bits per heavy atom. The zero-order chi connectivity index (χ0) is 8.97. The molecule has 0 aromatic heterocycles. The summed E-state index contributed by atoms with van der Waals surface area (Å²) in [5.74, 6) is 0.113. The lowest BCUT2D eigenvalue weighted by atomic mass is 10.1. The molecule has 1 nitrogen and oxygen atoms in total. The topological polar surface area (TPSA) is 17.1 Å². The van der Waals surface area contributed by atoms with Crippen molar-refractivity contribution in [1.82, 2.24) is 0 Å². The molecule has 0 aliphatic heterocycles. The van der Waals surface area contributed by atoms with Gasteiger partial charge in [-0.2, -0.15) is 0 Å². The lowest BCUT2D eigenvalue weighted by molar-refractivity contribution is 0.101. The first-order chi connectivity index (χ1) is 5.74. The van der Waals surface area contributed by atoms with Crippen molar-refractivity contribution < 1.29 is 4.79 Å². The fraction of sp³-hybridized carbons (Fsp3) is 0.182. The normalized spacial score (nSPS) is 10.5. The van der Waals surface area contributed by atoms with Crippen molar-refractivity contribution in [3.63, 3.8) is 0 Å². The van der Waals surface area contributed by atoms with Crippen LogP contribution in [0.25, 0.3) is 6.08 Å². The van der Waals surface area contributed by atoms with Crippen molar-refractivity contribution in [2.75, 3.05) is 0 Å². The standard InChI is InChI=1S/C11H12O/c1-3-4-10-5-7-11(8-6-10)9(2)12/h3-8H,1-2H3/b4-3-. The van der Waals surface area contributed by atoms with Crippen LogP contribution in [0.3, 0.4) is 0 Å². The molecule has 1 aromatic rings. The zero-order valence-electron chi connectivity index (χ0n) is 7.37. The fourth-order valence-corrected chi connectivity index (χ4v) is 1.02. The van der Waals surface area contributed by atoms with E-state index in [1.165, 1.54) is 0 Å². The van der Waals surface area contributed by atoms with E-state index in [1.54, 1.807) is 6.92 Å². The molecular formula is C11H12O. The van der Waals surface area contributed by atoms with E-state index in [1.807, 2.05) is 43.3 Å². The van der Waals surface area contributed by atoms with Crippen molar-refractivity contribution in [3.05, 3.63) is 41.5 Å². The Bertz CT molecular complexity index is 293. The van der Waals surface area contributed by atoms with Crippen molar-refractivity contribution in [3.8, 4) is 0 Å². The molecule has 1 aromatic carbocycles. The molecule has 0 bridgehead atoms. The minimum absolute atomic E-state index is 0.113. The van der Waals surface area contributed by atoms with E-state index >= 15 is 0 Å². The highest BCUT2D eigenvalue weighted by Gasteiger charge is 1.96. The molecule has 0 atom stereocenters. The minimum Gasteiger partial charge on any atom is -0.295 e. The highest BCUT2D eigenvalue weighted by molar-refractivity contribution is 5.94. The summed E-state index contributed by atoms with van der Waals surface area (Å²) < 4.78 is 0. The number of rotatable bonds is 2. The van der Waals surface area contributed by atoms with Crippen LogP contribution in [0, 0.1) is 0 Å². The van der Waals surface area contributed by atoms with Gasteiger partial charge >= 0.3 is 0 Å². The van der Waals surface area contributed by atoms with Crippen LogP contribution >= 0.6 is 0 Å². The molecule has 0 unspecified atom stereocenters. The monoisotopic (exact) mass is 160 g/mol. The second-order valence-electron chi connectivity index (χ2n) is 2.68. The third-order valence-corrected chi connectivity index (χ3v) is 1.68. The molecular weight excluding hydrogens is 148 g/mol. The summed E-state index contributed by atoms with van der Waals surface area (Å²) >= 11 is 0. The number of benzene rings is 1. The number of hydrogen-bond acceptors (Lipinski definition) is 1. The highest BCUT2D eigenvalue weighted by Crippen LogP contribution is 2.06. The Balaban J connectivity index is 2.93. The first-order valence-corrected chi connectivity index (χ1v) is 3.97. The van der Waals surface area contributed by atoms with E-state index in [-0.39, 0.29) is 5.78 Å². The molecule has 0 amide bonds. The van der Waals surface area contributed by atoms with Gasteiger partial charge in [-0.1, -0.05) is 36.4 Å². The van der Waals surface area contributed by atoms with E-state index in [2.05, 4.69) is 0 Å². The average molecular weight is 160 g/mol. The van der Waals surface area contributed by atoms with Crippen molar-refractivity contribution >= 4 is 11.9 Å². The van der Waals surface area contributed by atoms with E-state index < -0.39 is 0 Å². The summed E-state index contributed by atoms with van der Waals surface area (Å²) in [4.78, 5) is 10.9. The molecule has 12 heavy (non-hydrogen) atoms. The summed E-state index contributed by atoms with van der Waals surface area (Å²) in [6.07, 6.45) is 3.98. The second-order valence-corrected chi connectivity index (χ2v) is 2.68. The van der Waals surface area contributed by atoms with Gasteiger partial charge in [-0.05, 0) is 19.4 Å². The van der Waals surface area contributed by atoms with Gasteiger partial charge in [0, 0.05) is 5.56 Å². The number of carbonyl (C=O) groups excluding carboxylic acids is 1. The predicted molar refractivity (Wildman–Crippen MR) is 51.2 cm³/mol. The Labute approximate surface area is 72.7 Å². The van der Waals surface area contributed by atoms with Gasteiger partial charge in [0.05, 0.1) is 0 Å². The number of Topliss-reactive ketones (excluding diaryl/α,β-unsaturated/α-hetero) is 1. The van der Waals surface area contributed by atoms with Gasteiger partial charge in [-0.3, -0.25) is 4.79 Å². The maximum Gasteiger partial charge on any atom is 0.159 e. The summed E-state index contributed by atoms with van der Waals surface area (Å²) in [6.45, 7) is 3.55. The third kappa shape index (κ3) is 2.06. The molecule has 1 heteroatoms. The van der Waals surface area contributed by atoms with E-state index in [9.17, 15) is 4.79 Å². The number of ketones is 1. The van der Waals surface area contributed by atoms with Crippen molar-refractivity contribution in [2.45, 2.75) is 13.8 Å². The van der Waals surface area contributed by atoms with Crippen LogP contribution in [0.1, 0.15) is 29.8 Å².